The van der Waals surface area contributed by atoms with E-state index in [1.807, 2.05) is 7.11 Å². The molecule has 0 aromatic heterocycles. The molecule has 1 atom stereocenters. The fourth-order valence-corrected chi connectivity index (χ4v) is 4.02. The van der Waals surface area contributed by atoms with E-state index in [9.17, 15) is 0 Å². The van der Waals surface area contributed by atoms with Crippen molar-refractivity contribution >= 4 is 0 Å². The largest absolute Gasteiger partial charge is 0.377 e. The van der Waals surface area contributed by atoms with Crippen molar-refractivity contribution in [2.75, 3.05) is 33.3 Å². The highest BCUT2D eigenvalue weighted by molar-refractivity contribution is 4.93. The maximum atomic E-state index is 5.75. The van der Waals surface area contributed by atoms with Gasteiger partial charge < -0.3 is 10.1 Å². The Morgan fingerprint density at radius 2 is 1.85 bits per heavy atom. The van der Waals surface area contributed by atoms with Crippen LogP contribution < -0.4 is 5.32 Å². The van der Waals surface area contributed by atoms with Gasteiger partial charge in [0.15, 0.2) is 0 Å². The Morgan fingerprint density at radius 1 is 1.15 bits per heavy atom. The summed E-state index contributed by atoms with van der Waals surface area (Å²) in [4.78, 5) is 2.67. The van der Waals surface area contributed by atoms with E-state index in [4.69, 9.17) is 4.74 Å². The molecule has 20 heavy (non-hydrogen) atoms. The first kappa shape index (κ1) is 16.3. The Kier molecular flexibility index (Phi) is 5.49. The van der Waals surface area contributed by atoms with Gasteiger partial charge in [-0.25, -0.2) is 0 Å². The Hall–Kier alpha value is -0.120. The molecule has 3 nitrogen and oxygen atoms in total. The zero-order valence-corrected chi connectivity index (χ0v) is 14.0. The molecule has 2 fully saturated rings. The molecule has 1 aliphatic carbocycles. The third-order valence-electron chi connectivity index (χ3n) is 5.34. The number of methoxy groups -OCH3 is 1. The van der Waals surface area contributed by atoms with E-state index < -0.39 is 0 Å². The van der Waals surface area contributed by atoms with Crippen molar-refractivity contribution in [2.45, 2.75) is 70.9 Å². The maximum Gasteiger partial charge on any atom is 0.0777 e. The highest BCUT2D eigenvalue weighted by Crippen LogP contribution is 2.39. The number of rotatable bonds is 6. The zero-order chi connectivity index (χ0) is 14.6. The number of hydrogen-bond acceptors (Lipinski definition) is 3. The molecule has 1 heterocycles. The first-order valence-corrected chi connectivity index (χ1v) is 8.48. The molecular weight excluding hydrogens is 248 g/mol. The predicted molar refractivity (Wildman–Crippen MR) is 85.1 cm³/mol. The second-order valence-electron chi connectivity index (χ2n) is 7.71. The molecular formula is C17H34N2O. The van der Waals surface area contributed by atoms with E-state index in [1.165, 1.54) is 58.2 Å². The molecule has 2 aliphatic rings. The molecule has 0 aromatic rings. The quantitative estimate of drug-likeness (QED) is 0.810. The van der Waals surface area contributed by atoms with Gasteiger partial charge in [-0.2, -0.15) is 0 Å². The summed E-state index contributed by atoms with van der Waals surface area (Å²) >= 11 is 0. The van der Waals surface area contributed by atoms with E-state index in [1.54, 1.807) is 0 Å². The van der Waals surface area contributed by atoms with Gasteiger partial charge in [-0.15, -0.1) is 0 Å². The molecule has 1 unspecified atom stereocenters. The maximum absolute atomic E-state index is 5.75. The second kappa shape index (κ2) is 6.76. The van der Waals surface area contributed by atoms with Gasteiger partial charge in [-0.05, 0) is 44.6 Å². The summed E-state index contributed by atoms with van der Waals surface area (Å²) in [6.07, 6.45) is 8.10. The van der Waals surface area contributed by atoms with E-state index in [-0.39, 0.29) is 5.60 Å². The van der Waals surface area contributed by atoms with E-state index >= 15 is 0 Å². The molecule has 0 spiro atoms. The summed E-state index contributed by atoms with van der Waals surface area (Å²) in [7, 11) is 1.87. The van der Waals surface area contributed by atoms with Crippen LogP contribution in [0.25, 0.3) is 0 Å². The molecule has 1 saturated carbocycles. The van der Waals surface area contributed by atoms with Crippen molar-refractivity contribution < 1.29 is 4.74 Å². The number of ether oxygens (including phenoxy) is 1. The Balaban J connectivity index is 1.94. The monoisotopic (exact) mass is 282 g/mol. The lowest BCUT2D eigenvalue weighted by Crippen LogP contribution is -2.52. The third kappa shape index (κ3) is 4.19. The van der Waals surface area contributed by atoms with Crippen LogP contribution in [0.2, 0.25) is 0 Å². The molecule has 0 bridgehead atoms. The summed E-state index contributed by atoms with van der Waals surface area (Å²) in [5.74, 6) is 0. The van der Waals surface area contributed by atoms with Crippen molar-refractivity contribution in [3.63, 3.8) is 0 Å². The van der Waals surface area contributed by atoms with Crippen molar-refractivity contribution in [2.24, 2.45) is 5.41 Å². The van der Waals surface area contributed by atoms with Crippen molar-refractivity contribution in [3.05, 3.63) is 0 Å². The van der Waals surface area contributed by atoms with Gasteiger partial charge in [-0.1, -0.05) is 26.7 Å². The van der Waals surface area contributed by atoms with Crippen molar-refractivity contribution in [3.8, 4) is 0 Å². The Bertz CT molecular complexity index is 299. The minimum Gasteiger partial charge on any atom is -0.377 e. The van der Waals surface area contributed by atoms with Gasteiger partial charge in [0.05, 0.1) is 5.60 Å². The molecule has 0 amide bonds. The molecule has 118 valence electrons. The SMILES string of the molecule is COC1(C)CCCN(CC2(CNC(C)C)CCCC2)C1. The Labute approximate surface area is 125 Å². The molecule has 2 rings (SSSR count). The van der Waals surface area contributed by atoms with E-state index in [0.717, 1.165) is 6.54 Å². The standard InChI is InChI=1S/C17H34N2O/c1-15(2)18-12-17(9-5-6-10-17)14-19-11-7-8-16(3,13-19)20-4/h15,18H,5-14H2,1-4H3. The van der Waals surface area contributed by atoms with Crippen LogP contribution in [0.4, 0.5) is 0 Å². The van der Waals surface area contributed by atoms with Gasteiger partial charge in [0.25, 0.3) is 0 Å². The minimum absolute atomic E-state index is 0.0729. The van der Waals surface area contributed by atoms with Crippen LogP contribution in [0.1, 0.15) is 59.3 Å². The highest BCUT2D eigenvalue weighted by Gasteiger charge is 2.38. The zero-order valence-electron chi connectivity index (χ0n) is 14.0. The summed E-state index contributed by atoms with van der Waals surface area (Å²) in [6, 6.07) is 0.595. The van der Waals surface area contributed by atoms with Crippen LogP contribution in [0, 0.1) is 5.41 Å². The smallest absolute Gasteiger partial charge is 0.0777 e. The summed E-state index contributed by atoms with van der Waals surface area (Å²) in [6.45, 7) is 11.6. The lowest BCUT2D eigenvalue weighted by Gasteiger charge is -2.43. The van der Waals surface area contributed by atoms with Gasteiger partial charge in [0, 0.05) is 32.8 Å². The fraction of sp³-hybridized carbons (Fsp3) is 1.00. The average Bonchev–Trinajstić information content (AvgIpc) is 2.86. The van der Waals surface area contributed by atoms with E-state index in [0.29, 0.717) is 11.5 Å². The highest BCUT2D eigenvalue weighted by atomic mass is 16.5. The van der Waals surface area contributed by atoms with Gasteiger partial charge >= 0.3 is 0 Å². The molecule has 3 heteroatoms. The minimum atomic E-state index is 0.0729. The predicted octanol–water partition coefficient (Wildman–Crippen LogP) is 3.05. The lowest BCUT2D eigenvalue weighted by molar-refractivity contribution is -0.0591. The molecule has 1 N–H and O–H groups in total. The van der Waals surface area contributed by atoms with Crippen LogP contribution in [0.5, 0.6) is 0 Å². The first-order valence-electron chi connectivity index (χ1n) is 8.48. The number of nitrogens with one attached hydrogen (secondary N) is 1. The van der Waals surface area contributed by atoms with Crippen molar-refractivity contribution in [1.82, 2.24) is 10.2 Å². The topological polar surface area (TPSA) is 24.5 Å². The van der Waals surface area contributed by atoms with Crippen LogP contribution in [-0.4, -0.2) is 49.8 Å². The summed E-state index contributed by atoms with van der Waals surface area (Å²) < 4.78 is 5.75. The normalized spacial score (nSPS) is 31.1. The molecule has 0 aromatic carbocycles. The second-order valence-corrected chi connectivity index (χ2v) is 7.71. The lowest BCUT2D eigenvalue weighted by atomic mass is 9.83. The average molecular weight is 282 g/mol. The summed E-state index contributed by atoms with van der Waals surface area (Å²) in [5.41, 5.74) is 0.583. The first-order chi connectivity index (χ1) is 9.47. The van der Waals surface area contributed by atoms with Crippen LogP contribution >= 0.6 is 0 Å². The van der Waals surface area contributed by atoms with Crippen LogP contribution in [-0.2, 0) is 4.74 Å². The number of hydrogen-bond donors (Lipinski definition) is 1. The Morgan fingerprint density at radius 3 is 2.45 bits per heavy atom. The van der Waals surface area contributed by atoms with Gasteiger partial charge in [-0.3, -0.25) is 4.90 Å². The number of likely N-dealkylation sites (tertiary alicyclic amines) is 1. The van der Waals surface area contributed by atoms with Crippen LogP contribution in [0.15, 0.2) is 0 Å². The third-order valence-corrected chi connectivity index (χ3v) is 5.34. The molecule has 1 aliphatic heterocycles. The van der Waals surface area contributed by atoms with Crippen LogP contribution in [0.3, 0.4) is 0 Å². The fourth-order valence-electron chi connectivity index (χ4n) is 4.02. The van der Waals surface area contributed by atoms with Gasteiger partial charge in [0.1, 0.15) is 0 Å². The number of nitrogens with zero attached hydrogens (tertiary/aromatic N) is 1. The van der Waals surface area contributed by atoms with Crippen molar-refractivity contribution in [1.29, 1.82) is 0 Å². The van der Waals surface area contributed by atoms with Gasteiger partial charge in [0.2, 0.25) is 0 Å². The molecule has 1 saturated heterocycles. The number of piperidine rings is 1. The summed E-state index contributed by atoms with van der Waals surface area (Å²) in [5, 5.41) is 3.69. The molecule has 0 radical (unpaired) electrons. The van der Waals surface area contributed by atoms with E-state index in [2.05, 4.69) is 31.0 Å².